The molecule has 1 fully saturated rings. The second-order valence-corrected chi connectivity index (χ2v) is 4.52. The molecule has 14 heavy (non-hydrogen) atoms. The van der Waals surface area contributed by atoms with Gasteiger partial charge in [0.05, 0.1) is 5.92 Å². The molecule has 0 aromatic heterocycles. The summed E-state index contributed by atoms with van der Waals surface area (Å²) in [5.41, 5.74) is 5.20. The highest BCUT2D eigenvalue weighted by atomic mass is 32.2. The van der Waals surface area contributed by atoms with Gasteiger partial charge >= 0.3 is 5.97 Å². The molecule has 80 valence electrons. The van der Waals surface area contributed by atoms with Crippen LogP contribution in [-0.2, 0) is 9.53 Å². The van der Waals surface area contributed by atoms with Crippen molar-refractivity contribution in [3.05, 3.63) is 0 Å². The standard InChI is InChI=1S/C9H16N2O2S/c1-2-3-6-4-7(13-8(6)12)5-14-9(10)11/h6-7H,2-5H2,1H3,(H3,10,11)/t6-,7+/m0/s1. The first-order chi connectivity index (χ1) is 6.63. The number of esters is 1. The van der Waals surface area contributed by atoms with Crippen molar-refractivity contribution < 1.29 is 9.53 Å². The third-order valence-corrected chi connectivity index (χ3v) is 3.07. The molecule has 1 heterocycles. The van der Waals surface area contributed by atoms with E-state index in [0.29, 0.717) is 5.75 Å². The maximum atomic E-state index is 11.3. The summed E-state index contributed by atoms with van der Waals surface area (Å²) >= 11 is 1.23. The van der Waals surface area contributed by atoms with Crippen LogP contribution in [0.1, 0.15) is 26.2 Å². The number of nitrogens with one attached hydrogen (secondary N) is 1. The van der Waals surface area contributed by atoms with E-state index in [1.54, 1.807) is 0 Å². The van der Waals surface area contributed by atoms with Crippen LogP contribution < -0.4 is 5.73 Å². The van der Waals surface area contributed by atoms with Crippen molar-refractivity contribution >= 4 is 22.9 Å². The fourth-order valence-corrected chi connectivity index (χ4v) is 2.16. The second-order valence-electron chi connectivity index (χ2n) is 3.46. The molecule has 1 aliphatic heterocycles. The van der Waals surface area contributed by atoms with Crippen molar-refractivity contribution in [2.45, 2.75) is 32.3 Å². The Balaban J connectivity index is 2.31. The lowest BCUT2D eigenvalue weighted by atomic mass is 10.0. The molecule has 0 aliphatic carbocycles. The SMILES string of the molecule is CCC[C@H]1C[C@H](CSC(=N)N)OC1=O. The summed E-state index contributed by atoms with van der Waals surface area (Å²) in [6.45, 7) is 2.06. The highest BCUT2D eigenvalue weighted by molar-refractivity contribution is 8.13. The van der Waals surface area contributed by atoms with Gasteiger partial charge in [-0.15, -0.1) is 0 Å². The quantitative estimate of drug-likeness (QED) is 0.422. The zero-order chi connectivity index (χ0) is 10.6. The Morgan fingerprint density at radius 3 is 3.07 bits per heavy atom. The summed E-state index contributed by atoms with van der Waals surface area (Å²) in [6, 6.07) is 0. The molecule has 2 atom stereocenters. The van der Waals surface area contributed by atoms with Gasteiger partial charge in [-0.2, -0.15) is 0 Å². The fourth-order valence-electron chi connectivity index (χ4n) is 1.59. The van der Waals surface area contributed by atoms with E-state index in [2.05, 4.69) is 6.92 Å². The Morgan fingerprint density at radius 2 is 2.50 bits per heavy atom. The van der Waals surface area contributed by atoms with Crippen LogP contribution in [-0.4, -0.2) is 23.0 Å². The van der Waals surface area contributed by atoms with Gasteiger partial charge in [0.25, 0.3) is 0 Å². The molecule has 0 bridgehead atoms. The molecule has 1 saturated heterocycles. The van der Waals surface area contributed by atoms with Crippen molar-refractivity contribution in [2.24, 2.45) is 11.7 Å². The highest BCUT2D eigenvalue weighted by Crippen LogP contribution is 2.27. The first kappa shape index (κ1) is 11.4. The number of cyclic esters (lactones) is 1. The van der Waals surface area contributed by atoms with Gasteiger partial charge in [0.1, 0.15) is 6.10 Å². The van der Waals surface area contributed by atoms with Gasteiger partial charge in [-0.1, -0.05) is 25.1 Å². The molecule has 0 radical (unpaired) electrons. The largest absolute Gasteiger partial charge is 0.461 e. The second kappa shape index (κ2) is 5.24. The minimum Gasteiger partial charge on any atom is -0.461 e. The van der Waals surface area contributed by atoms with Crippen LogP contribution in [0, 0.1) is 11.3 Å². The molecule has 1 aliphatic rings. The summed E-state index contributed by atoms with van der Waals surface area (Å²) in [7, 11) is 0. The van der Waals surface area contributed by atoms with Crippen LogP contribution in [0.2, 0.25) is 0 Å². The molecule has 0 aromatic carbocycles. The molecule has 1 rings (SSSR count). The van der Waals surface area contributed by atoms with Gasteiger partial charge in [-0.05, 0) is 12.8 Å². The number of thioether (sulfide) groups is 1. The Labute approximate surface area is 88.1 Å². The Kier molecular flexibility index (Phi) is 4.25. The normalized spacial score (nSPS) is 26.2. The molecule has 5 heteroatoms. The minimum absolute atomic E-state index is 0.0482. The van der Waals surface area contributed by atoms with Crippen molar-refractivity contribution in [1.82, 2.24) is 0 Å². The van der Waals surface area contributed by atoms with E-state index in [-0.39, 0.29) is 23.2 Å². The molecule has 3 N–H and O–H groups in total. The molecule has 0 unspecified atom stereocenters. The van der Waals surface area contributed by atoms with Gasteiger partial charge < -0.3 is 10.5 Å². The summed E-state index contributed by atoms with van der Waals surface area (Å²) in [4.78, 5) is 11.3. The zero-order valence-corrected chi connectivity index (χ0v) is 9.10. The summed E-state index contributed by atoms with van der Waals surface area (Å²) < 4.78 is 5.16. The van der Waals surface area contributed by atoms with Crippen LogP contribution in [0.4, 0.5) is 0 Å². The van der Waals surface area contributed by atoms with Crippen LogP contribution in [0.5, 0.6) is 0 Å². The van der Waals surface area contributed by atoms with Gasteiger partial charge in [-0.25, -0.2) is 0 Å². The van der Waals surface area contributed by atoms with Crippen molar-refractivity contribution in [3.8, 4) is 0 Å². The van der Waals surface area contributed by atoms with Crippen molar-refractivity contribution in [3.63, 3.8) is 0 Å². The lowest BCUT2D eigenvalue weighted by Gasteiger charge is -2.06. The molecule has 4 nitrogen and oxygen atoms in total. The predicted molar refractivity (Wildman–Crippen MR) is 57.3 cm³/mol. The Hall–Kier alpha value is -0.710. The number of hydrogen-bond acceptors (Lipinski definition) is 4. The summed E-state index contributed by atoms with van der Waals surface area (Å²) in [5.74, 6) is 0.597. The number of amidine groups is 1. The number of ether oxygens (including phenoxy) is 1. The lowest BCUT2D eigenvalue weighted by Crippen LogP contribution is -2.14. The molecule has 0 amide bonds. The third-order valence-electron chi connectivity index (χ3n) is 2.23. The number of carbonyl (C=O) groups excluding carboxylic acids is 1. The maximum absolute atomic E-state index is 11.3. The summed E-state index contributed by atoms with van der Waals surface area (Å²) in [6.07, 6.45) is 2.65. The fraction of sp³-hybridized carbons (Fsp3) is 0.778. The van der Waals surface area contributed by atoms with Gasteiger partial charge in [-0.3, -0.25) is 10.2 Å². The van der Waals surface area contributed by atoms with Crippen LogP contribution in [0.3, 0.4) is 0 Å². The van der Waals surface area contributed by atoms with E-state index in [1.807, 2.05) is 0 Å². The topological polar surface area (TPSA) is 76.2 Å². The van der Waals surface area contributed by atoms with Crippen LogP contribution in [0.15, 0.2) is 0 Å². The van der Waals surface area contributed by atoms with Gasteiger partial charge in [0.15, 0.2) is 5.17 Å². The molecular formula is C9H16N2O2S. The predicted octanol–water partition coefficient (Wildman–Crippen LogP) is 1.34. The van der Waals surface area contributed by atoms with E-state index in [4.69, 9.17) is 15.9 Å². The molecular weight excluding hydrogens is 200 g/mol. The summed E-state index contributed by atoms with van der Waals surface area (Å²) in [5, 5.41) is 7.12. The average Bonchev–Trinajstić information content (AvgIpc) is 2.45. The Bertz CT molecular complexity index is 233. The number of rotatable bonds is 4. The number of carbonyl (C=O) groups is 1. The van der Waals surface area contributed by atoms with Crippen LogP contribution in [0.25, 0.3) is 0 Å². The lowest BCUT2D eigenvalue weighted by molar-refractivity contribution is -0.143. The molecule has 0 aromatic rings. The minimum atomic E-state index is -0.0824. The van der Waals surface area contributed by atoms with E-state index in [1.165, 1.54) is 11.8 Å². The zero-order valence-electron chi connectivity index (χ0n) is 8.29. The maximum Gasteiger partial charge on any atom is 0.309 e. The van der Waals surface area contributed by atoms with Crippen molar-refractivity contribution in [2.75, 3.05) is 5.75 Å². The van der Waals surface area contributed by atoms with Crippen LogP contribution >= 0.6 is 11.8 Å². The third kappa shape index (κ3) is 3.21. The van der Waals surface area contributed by atoms with Gasteiger partial charge in [0, 0.05) is 5.75 Å². The first-order valence-electron chi connectivity index (χ1n) is 4.80. The molecule has 0 spiro atoms. The highest BCUT2D eigenvalue weighted by Gasteiger charge is 2.33. The van der Waals surface area contributed by atoms with E-state index >= 15 is 0 Å². The Morgan fingerprint density at radius 1 is 1.79 bits per heavy atom. The number of hydrogen-bond donors (Lipinski definition) is 2. The van der Waals surface area contributed by atoms with E-state index in [9.17, 15) is 4.79 Å². The van der Waals surface area contributed by atoms with Gasteiger partial charge in [0.2, 0.25) is 0 Å². The first-order valence-corrected chi connectivity index (χ1v) is 5.79. The smallest absolute Gasteiger partial charge is 0.309 e. The van der Waals surface area contributed by atoms with Crippen molar-refractivity contribution in [1.29, 1.82) is 5.41 Å². The van der Waals surface area contributed by atoms with E-state index < -0.39 is 0 Å². The average molecular weight is 216 g/mol. The molecule has 0 saturated carbocycles. The monoisotopic (exact) mass is 216 g/mol. The number of nitrogens with two attached hydrogens (primary N) is 1. The van der Waals surface area contributed by atoms with E-state index in [0.717, 1.165) is 19.3 Å².